The topological polar surface area (TPSA) is 0 Å². The van der Waals surface area contributed by atoms with E-state index in [4.69, 9.17) is 0 Å². The summed E-state index contributed by atoms with van der Waals surface area (Å²) in [5, 5.41) is 0. The minimum atomic E-state index is 0. The number of hydrogen-bond acceptors (Lipinski definition) is 0. The third kappa shape index (κ3) is 11.8. The summed E-state index contributed by atoms with van der Waals surface area (Å²) >= 11 is 0. The maximum Gasteiger partial charge on any atom is 0.0470 e. The van der Waals surface area contributed by atoms with Gasteiger partial charge in [0.2, 0.25) is 0 Å². The Kier molecular flexibility index (Phi) is 21.7. The van der Waals surface area contributed by atoms with Gasteiger partial charge in [-0.25, -0.2) is 0 Å². The van der Waals surface area contributed by atoms with Crippen LogP contribution in [0.2, 0.25) is 36.3 Å². The van der Waals surface area contributed by atoms with Crippen LogP contribution in [-0.4, -0.2) is 17.6 Å². The molecule has 0 nitrogen and oxygen atoms in total. The van der Waals surface area contributed by atoms with Gasteiger partial charge in [-0.15, -0.1) is 0 Å². The third-order valence-electron chi connectivity index (χ3n) is 6.38. The summed E-state index contributed by atoms with van der Waals surface area (Å²) in [5.74, 6) is 0. The fraction of sp³-hybridized carbons (Fsp3) is 0.750. The predicted octanol–water partition coefficient (Wildman–Crippen LogP) is 8.62. The summed E-state index contributed by atoms with van der Waals surface area (Å²) < 4.78 is 0. The van der Waals surface area contributed by atoms with Crippen LogP contribution in [0.5, 0.6) is 0 Å². The van der Waals surface area contributed by atoms with E-state index in [1.807, 2.05) is 0 Å². The van der Waals surface area contributed by atoms with Crippen molar-refractivity contribution in [2.24, 2.45) is 0 Å². The Labute approximate surface area is 189 Å². The molecule has 0 atom stereocenters. The molecule has 0 aromatic heterocycles. The van der Waals surface area contributed by atoms with E-state index in [-0.39, 0.29) is 37.1 Å². The molecule has 0 aliphatic carbocycles. The van der Waals surface area contributed by atoms with Crippen molar-refractivity contribution in [2.75, 3.05) is 0 Å². The fourth-order valence-electron chi connectivity index (χ4n) is 3.19. The third-order valence-corrected chi connectivity index (χ3v) is 12.4. The second kappa shape index (κ2) is 18.3. The molecule has 27 heavy (non-hydrogen) atoms. The number of rotatable bonds is 6. The molecule has 0 amide bonds. The van der Waals surface area contributed by atoms with E-state index >= 15 is 0 Å². The maximum atomic E-state index is 2.31. The minimum Gasteiger partial charge on any atom is -0.0680 e. The Hall–Kier alpha value is 0.277. The first-order valence-electron chi connectivity index (χ1n) is 10.9. The smallest absolute Gasteiger partial charge is 0.0470 e. The molecule has 1 aromatic carbocycles. The van der Waals surface area contributed by atoms with Gasteiger partial charge in [0.1, 0.15) is 0 Å². The maximum absolute atomic E-state index is 2.31. The molecular formula is C24H48RuSi2. The van der Waals surface area contributed by atoms with Crippen LogP contribution in [0.15, 0.2) is 0 Å². The van der Waals surface area contributed by atoms with E-state index in [0.717, 1.165) is 0 Å². The van der Waals surface area contributed by atoms with Crippen molar-refractivity contribution in [2.45, 2.75) is 119 Å². The zero-order chi connectivity index (χ0) is 20.9. The van der Waals surface area contributed by atoms with Crippen LogP contribution in [0.3, 0.4) is 0 Å². The summed E-state index contributed by atoms with van der Waals surface area (Å²) in [7, 11) is 0.275. The molecule has 0 heterocycles. The van der Waals surface area contributed by atoms with E-state index in [1.165, 1.54) is 69.6 Å². The van der Waals surface area contributed by atoms with Crippen molar-refractivity contribution in [3.05, 3.63) is 33.4 Å². The van der Waals surface area contributed by atoms with Gasteiger partial charge in [0.05, 0.1) is 0 Å². The minimum absolute atomic E-state index is 0. The zero-order valence-electron chi connectivity index (χ0n) is 20.6. The molecule has 0 saturated carbocycles. The van der Waals surface area contributed by atoms with Crippen molar-refractivity contribution in [3.8, 4) is 0 Å². The van der Waals surface area contributed by atoms with Gasteiger partial charge in [0, 0.05) is 37.1 Å². The molecule has 0 bridgehead atoms. The van der Waals surface area contributed by atoms with Gasteiger partial charge < -0.3 is 0 Å². The molecule has 2 radical (unpaired) electrons. The van der Waals surface area contributed by atoms with Gasteiger partial charge in [-0.3, -0.25) is 0 Å². The normalized spacial score (nSPS) is 10.0. The SMILES string of the molecule is CC[Si](CC)CC.CC[Si](CC)CC.Cc1c(C)c(C)c(C)c(C)c1C.[Ru]. The molecule has 0 saturated heterocycles. The Bertz CT molecular complexity index is 362. The Morgan fingerprint density at radius 2 is 0.481 bits per heavy atom. The largest absolute Gasteiger partial charge is 0.0680 e. The van der Waals surface area contributed by atoms with Gasteiger partial charge in [0.25, 0.3) is 0 Å². The van der Waals surface area contributed by atoms with E-state index in [2.05, 4.69) is 83.1 Å². The van der Waals surface area contributed by atoms with Crippen LogP contribution in [0.25, 0.3) is 0 Å². The van der Waals surface area contributed by atoms with Crippen LogP contribution < -0.4 is 0 Å². The summed E-state index contributed by atoms with van der Waals surface area (Å²) in [6.07, 6.45) is 0. The molecule has 0 N–H and O–H groups in total. The van der Waals surface area contributed by atoms with E-state index in [0.29, 0.717) is 0 Å². The van der Waals surface area contributed by atoms with Crippen molar-refractivity contribution in [1.29, 1.82) is 0 Å². The van der Waals surface area contributed by atoms with Gasteiger partial charge in [-0.2, -0.15) is 0 Å². The first-order valence-corrected chi connectivity index (χ1v) is 15.1. The van der Waals surface area contributed by atoms with Crippen molar-refractivity contribution in [1.82, 2.24) is 0 Å². The molecule has 1 aromatic rings. The molecular weight excluding hydrogens is 446 g/mol. The Morgan fingerprint density at radius 3 is 0.519 bits per heavy atom. The molecule has 0 aliphatic rings. The second-order valence-corrected chi connectivity index (χ2v) is 14.6. The van der Waals surface area contributed by atoms with Gasteiger partial charge in [0.15, 0.2) is 0 Å². The first-order chi connectivity index (χ1) is 12.2. The molecule has 0 spiro atoms. The summed E-state index contributed by atoms with van der Waals surface area (Å²) in [6, 6.07) is 8.74. The van der Waals surface area contributed by atoms with Gasteiger partial charge in [-0.1, -0.05) is 77.8 Å². The van der Waals surface area contributed by atoms with Gasteiger partial charge in [-0.05, 0) is 74.9 Å². The Balaban J connectivity index is -0.000000336. The summed E-state index contributed by atoms with van der Waals surface area (Å²) in [4.78, 5) is 0. The number of hydrogen-bond donors (Lipinski definition) is 0. The second-order valence-electron chi connectivity index (χ2n) is 7.37. The quantitative estimate of drug-likeness (QED) is 0.348. The van der Waals surface area contributed by atoms with Crippen molar-refractivity contribution < 1.29 is 19.5 Å². The van der Waals surface area contributed by atoms with Crippen molar-refractivity contribution >= 4 is 17.6 Å². The molecule has 0 unspecified atom stereocenters. The van der Waals surface area contributed by atoms with Crippen LogP contribution in [0.4, 0.5) is 0 Å². The van der Waals surface area contributed by atoms with E-state index in [1.54, 1.807) is 0 Å². The zero-order valence-corrected chi connectivity index (χ0v) is 24.3. The molecule has 0 aliphatic heterocycles. The van der Waals surface area contributed by atoms with E-state index in [9.17, 15) is 0 Å². The average molecular weight is 494 g/mol. The molecule has 0 fully saturated rings. The van der Waals surface area contributed by atoms with Crippen LogP contribution in [0.1, 0.15) is 74.9 Å². The monoisotopic (exact) mass is 494 g/mol. The van der Waals surface area contributed by atoms with Crippen LogP contribution in [-0.2, 0) is 19.5 Å². The molecule has 3 heteroatoms. The van der Waals surface area contributed by atoms with Crippen LogP contribution >= 0.6 is 0 Å². The van der Waals surface area contributed by atoms with E-state index < -0.39 is 0 Å². The van der Waals surface area contributed by atoms with Gasteiger partial charge >= 0.3 is 0 Å². The Morgan fingerprint density at radius 1 is 0.370 bits per heavy atom. The average Bonchev–Trinajstić information content (AvgIpc) is 2.67. The first kappa shape index (κ1) is 32.0. The fourth-order valence-corrected chi connectivity index (χ4v) is 6.19. The molecule has 160 valence electrons. The van der Waals surface area contributed by atoms with Crippen molar-refractivity contribution in [3.63, 3.8) is 0 Å². The predicted molar refractivity (Wildman–Crippen MR) is 129 cm³/mol. The van der Waals surface area contributed by atoms with Crippen LogP contribution in [0, 0.1) is 41.5 Å². The standard InChI is InChI=1S/C12H18.2C6H15Si.Ru/c1-7-8(2)10(4)12(6)11(5)9(7)3;2*1-4-7(5-2)6-3;/h1-6H3;2*4-6H2,1-3H3;. The molecule has 1 rings (SSSR count). The summed E-state index contributed by atoms with van der Waals surface area (Å²) in [6.45, 7) is 27.1. The summed E-state index contributed by atoms with van der Waals surface area (Å²) in [5.41, 5.74) is 8.73. The number of benzene rings is 1.